The number of para-hydroxylation sites is 1. The van der Waals surface area contributed by atoms with Gasteiger partial charge in [0.05, 0.1) is 24.9 Å². The Morgan fingerprint density at radius 2 is 1.43 bits per heavy atom. The number of aryl methyl sites for hydroxylation is 1. The van der Waals surface area contributed by atoms with Crippen molar-refractivity contribution in [2.45, 2.75) is 25.9 Å². The highest BCUT2D eigenvalue weighted by Crippen LogP contribution is 2.44. The van der Waals surface area contributed by atoms with E-state index in [1.165, 1.54) is 5.56 Å². The predicted octanol–water partition coefficient (Wildman–Crippen LogP) is 7.47. The summed E-state index contributed by atoms with van der Waals surface area (Å²) in [5.74, 6) is 2.40. The number of aromatic nitrogens is 2. The second-order valence-electron chi connectivity index (χ2n) is 9.77. The van der Waals surface area contributed by atoms with Gasteiger partial charge >= 0.3 is 0 Å². The van der Waals surface area contributed by atoms with Crippen molar-refractivity contribution in [1.29, 1.82) is 0 Å². The van der Waals surface area contributed by atoms with Crippen LogP contribution in [0.3, 0.4) is 0 Å². The third kappa shape index (κ3) is 4.80. The molecule has 0 aliphatic carbocycles. The Bertz CT molecular complexity index is 1620. The highest BCUT2D eigenvalue weighted by molar-refractivity contribution is 7.80. The van der Waals surface area contributed by atoms with Crippen molar-refractivity contribution in [3.63, 3.8) is 0 Å². The molecule has 1 fully saturated rings. The number of ether oxygens (including phenoxy) is 2. The minimum absolute atomic E-state index is 0.110. The van der Waals surface area contributed by atoms with Crippen LogP contribution in [0.25, 0.3) is 5.69 Å². The van der Waals surface area contributed by atoms with Gasteiger partial charge in [-0.05, 0) is 110 Å². The van der Waals surface area contributed by atoms with Gasteiger partial charge in [-0.3, -0.25) is 4.98 Å². The number of nitrogens with one attached hydrogen (secondary N) is 1. The van der Waals surface area contributed by atoms with Crippen molar-refractivity contribution >= 4 is 23.0 Å². The highest BCUT2D eigenvalue weighted by atomic mass is 32.1. The fourth-order valence-electron chi connectivity index (χ4n) is 5.46. The van der Waals surface area contributed by atoms with Gasteiger partial charge in [0.15, 0.2) is 5.11 Å². The molecule has 3 aromatic carbocycles. The number of pyridine rings is 1. The van der Waals surface area contributed by atoms with E-state index in [1.807, 2.05) is 72.9 Å². The first-order valence-electron chi connectivity index (χ1n) is 13.2. The first-order valence-corrected chi connectivity index (χ1v) is 13.6. The topological polar surface area (TPSA) is 51.5 Å². The second kappa shape index (κ2) is 10.9. The van der Waals surface area contributed by atoms with Gasteiger partial charge in [-0.2, -0.15) is 0 Å². The van der Waals surface area contributed by atoms with Gasteiger partial charge in [-0.25, -0.2) is 0 Å². The van der Waals surface area contributed by atoms with Crippen LogP contribution in [0.1, 0.15) is 34.7 Å². The van der Waals surface area contributed by atoms with E-state index in [9.17, 15) is 0 Å². The van der Waals surface area contributed by atoms with E-state index in [0.717, 1.165) is 45.7 Å². The molecule has 2 atom stereocenters. The van der Waals surface area contributed by atoms with Crippen molar-refractivity contribution in [2.24, 2.45) is 0 Å². The number of nitrogens with zero attached hydrogens (tertiary/aromatic N) is 3. The van der Waals surface area contributed by atoms with Gasteiger partial charge in [0.25, 0.3) is 0 Å². The molecule has 6 nitrogen and oxygen atoms in total. The van der Waals surface area contributed by atoms with Crippen molar-refractivity contribution in [3.05, 3.63) is 132 Å². The molecule has 1 N–H and O–H groups in total. The molecular formula is C33H30N4O2S. The fraction of sp³-hybridized carbons (Fsp3) is 0.152. The molecule has 3 heterocycles. The molecule has 1 aliphatic rings. The summed E-state index contributed by atoms with van der Waals surface area (Å²) in [5, 5.41) is 4.23. The lowest BCUT2D eigenvalue weighted by Gasteiger charge is -2.28. The molecule has 2 unspecified atom stereocenters. The van der Waals surface area contributed by atoms with E-state index in [1.54, 1.807) is 7.11 Å². The highest BCUT2D eigenvalue weighted by Gasteiger charge is 2.42. The Balaban J connectivity index is 1.41. The van der Waals surface area contributed by atoms with Crippen LogP contribution in [-0.4, -0.2) is 21.8 Å². The first kappa shape index (κ1) is 25.6. The van der Waals surface area contributed by atoms with E-state index in [0.29, 0.717) is 5.11 Å². The Hall–Kier alpha value is -4.62. The van der Waals surface area contributed by atoms with Crippen LogP contribution in [0.5, 0.6) is 17.2 Å². The number of rotatable bonds is 7. The van der Waals surface area contributed by atoms with Crippen LogP contribution < -0.4 is 19.7 Å². The number of hydrogen-bond donors (Lipinski definition) is 1. The summed E-state index contributed by atoms with van der Waals surface area (Å²) in [6.07, 6.45) is 1.83. The number of benzene rings is 3. The van der Waals surface area contributed by atoms with E-state index in [-0.39, 0.29) is 12.1 Å². The minimum Gasteiger partial charge on any atom is -0.497 e. The molecule has 5 aromatic rings. The molecule has 1 saturated heterocycles. The van der Waals surface area contributed by atoms with Crippen LogP contribution in [-0.2, 0) is 0 Å². The molecule has 0 amide bonds. The van der Waals surface area contributed by atoms with Gasteiger partial charge in [-0.15, -0.1) is 0 Å². The monoisotopic (exact) mass is 546 g/mol. The zero-order chi connectivity index (χ0) is 27.6. The lowest BCUT2D eigenvalue weighted by Crippen LogP contribution is -2.29. The summed E-state index contributed by atoms with van der Waals surface area (Å²) < 4.78 is 13.7. The van der Waals surface area contributed by atoms with Gasteiger partial charge in [0, 0.05) is 29.0 Å². The third-order valence-corrected chi connectivity index (χ3v) is 7.63. The predicted molar refractivity (Wildman–Crippen MR) is 163 cm³/mol. The van der Waals surface area contributed by atoms with Crippen LogP contribution >= 0.6 is 12.2 Å². The largest absolute Gasteiger partial charge is 0.497 e. The average Bonchev–Trinajstić information content (AvgIpc) is 3.49. The second-order valence-corrected chi connectivity index (χ2v) is 10.2. The van der Waals surface area contributed by atoms with Crippen LogP contribution in [0, 0.1) is 13.8 Å². The molecule has 6 rings (SSSR count). The van der Waals surface area contributed by atoms with Crippen molar-refractivity contribution in [2.75, 3.05) is 12.0 Å². The van der Waals surface area contributed by atoms with Crippen molar-refractivity contribution in [3.8, 4) is 22.9 Å². The Morgan fingerprint density at radius 3 is 2.10 bits per heavy atom. The molecule has 1 aliphatic heterocycles. The average molecular weight is 547 g/mol. The molecule has 0 radical (unpaired) electrons. The summed E-state index contributed by atoms with van der Waals surface area (Å²) in [5.41, 5.74) is 6.47. The summed E-state index contributed by atoms with van der Waals surface area (Å²) in [6, 6.07) is 34.0. The standard InChI is InChI=1S/C33H30N4O2S/c1-22-21-29(23(2)36(22)24-12-16-26(38-3)17-13-24)32-31(30-11-7-8-20-34-30)35-33(40)37(32)25-14-18-28(19-15-25)39-27-9-5-4-6-10-27/h4-21,31-32H,1-3H3,(H,35,40). The first-order chi connectivity index (χ1) is 19.5. The number of hydrogen-bond acceptors (Lipinski definition) is 4. The van der Waals surface area contributed by atoms with Crippen molar-refractivity contribution in [1.82, 2.24) is 14.9 Å². The summed E-state index contributed by atoms with van der Waals surface area (Å²) in [6.45, 7) is 4.30. The van der Waals surface area contributed by atoms with Gasteiger partial charge in [-0.1, -0.05) is 24.3 Å². The number of thiocarbonyl (C=S) groups is 1. The summed E-state index contributed by atoms with van der Waals surface area (Å²) >= 11 is 5.95. The van der Waals surface area contributed by atoms with Crippen molar-refractivity contribution < 1.29 is 9.47 Å². The van der Waals surface area contributed by atoms with Crippen LogP contribution in [0.15, 0.2) is 109 Å². The van der Waals surface area contributed by atoms with Crippen LogP contribution in [0.2, 0.25) is 0 Å². The van der Waals surface area contributed by atoms with Gasteiger partial charge in [0.1, 0.15) is 17.2 Å². The van der Waals surface area contributed by atoms with E-state index in [2.05, 4.69) is 65.0 Å². The van der Waals surface area contributed by atoms with E-state index in [4.69, 9.17) is 26.7 Å². The smallest absolute Gasteiger partial charge is 0.174 e. The third-order valence-electron chi connectivity index (χ3n) is 7.31. The SMILES string of the molecule is COc1ccc(-n2c(C)cc(C3C(c4ccccn4)NC(=S)N3c3ccc(Oc4ccccc4)cc3)c2C)cc1. The summed E-state index contributed by atoms with van der Waals surface area (Å²) in [4.78, 5) is 6.90. The van der Waals surface area contributed by atoms with Gasteiger partial charge in [0.2, 0.25) is 0 Å². The van der Waals surface area contributed by atoms with E-state index < -0.39 is 0 Å². The normalized spacial score (nSPS) is 16.6. The summed E-state index contributed by atoms with van der Waals surface area (Å²) in [7, 11) is 1.68. The molecule has 7 heteroatoms. The number of anilines is 1. The zero-order valence-corrected chi connectivity index (χ0v) is 23.4. The molecule has 200 valence electrons. The quantitative estimate of drug-likeness (QED) is 0.214. The van der Waals surface area contributed by atoms with Gasteiger partial charge < -0.3 is 24.3 Å². The molecule has 2 aromatic heterocycles. The Kier molecular flexibility index (Phi) is 6.97. The lowest BCUT2D eigenvalue weighted by molar-refractivity contribution is 0.414. The maximum atomic E-state index is 6.04. The zero-order valence-electron chi connectivity index (χ0n) is 22.6. The molecule has 0 saturated carbocycles. The Morgan fingerprint density at radius 1 is 0.775 bits per heavy atom. The molecule has 0 bridgehead atoms. The minimum atomic E-state index is -0.126. The Labute approximate surface area is 239 Å². The van der Waals surface area contributed by atoms with Crippen LogP contribution in [0.4, 0.5) is 5.69 Å². The fourth-order valence-corrected chi connectivity index (χ4v) is 5.81. The lowest BCUT2D eigenvalue weighted by atomic mass is 9.96. The number of methoxy groups -OCH3 is 1. The molecule has 0 spiro atoms. The molecular weight excluding hydrogens is 516 g/mol. The maximum Gasteiger partial charge on any atom is 0.174 e. The maximum absolute atomic E-state index is 6.04. The van der Waals surface area contributed by atoms with E-state index >= 15 is 0 Å². The molecule has 40 heavy (non-hydrogen) atoms.